The van der Waals surface area contributed by atoms with Crippen LogP contribution >= 0.6 is 0 Å². The van der Waals surface area contributed by atoms with E-state index in [1.807, 2.05) is 26.0 Å². The van der Waals surface area contributed by atoms with Gasteiger partial charge in [-0.05, 0) is 51.0 Å². The smallest absolute Gasteiger partial charge is 0.309 e. The van der Waals surface area contributed by atoms with Crippen molar-refractivity contribution in [3.8, 4) is 11.5 Å². The van der Waals surface area contributed by atoms with Gasteiger partial charge in [0, 0.05) is 30.6 Å². The molecule has 1 atom stereocenters. The highest BCUT2D eigenvalue weighted by molar-refractivity contribution is 7.89. The van der Waals surface area contributed by atoms with Crippen LogP contribution in [0, 0.1) is 11.7 Å². The molecule has 1 unspecified atom stereocenters. The average Bonchev–Trinajstić information content (AvgIpc) is 3.16. The van der Waals surface area contributed by atoms with Gasteiger partial charge in [-0.3, -0.25) is 4.79 Å². The van der Waals surface area contributed by atoms with Crippen LogP contribution in [-0.2, 0) is 32.6 Å². The zero-order valence-corrected chi connectivity index (χ0v) is 19.6. The fourth-order valence-corrected chi connectivity index (χ4v) is 5.81. The highest BCUT2D eigenvalue weighted by atomic mass is 32.2. The maximum atomic E-state index is 14.0. The van der Waals surface area contributed by atoms with Gasteiger partial charge >= 0.3 is 5.97 Å². The summed E-state index contributed by atoms with van der Waals surface area (Å²) >= 11 is 0. The molecule has 33 heavy (non-hydrogen) atoms. The normalized spacial score (nSPS) is 19.1. The number of nitrogens with zero attached hydrogens (tertiary/aromatic N) is 1. The van der Waals surface area contributed by atoms with E-state index in [2.05, 4.69) is 0 Å². The molecular weight excluding hydrogens is 449 g/mol. The Hall–Kier alpha value is -2.65. The summed E-state index contributed by atoms with van der Waals surface area (Å²) in [6.45, 7) is 4.69. The second-order valence-electron chi connectivity index (χ2n) is 8.35. The third kappa shape index (κ3) is 4.99. The number of benzene rings is 2. The third-order valence-electron chi connectivity index (χ3n) is 5.99. The van der Waals surface area contributed by atoms with Crippen LogP contribution < -0.4 is 9.47 Å². The van der Waals surface area contributed by atoms with Gasteiger partial charge in [0.1, 0.15) is 34.9 Å². The van der Waals surface area contributed by atoms with Crippen LogP contribution in [0.2, 0.25) is 0 Å². The molecule has 0 aromatic heterocycles. The molecule has 7 nitrogen and oxygen atoms in total. The van der Waals surface area contributed by atoms with Crippen LogP contribution in [0.4, 0.5) is 4.39 Å². The van der Waals surface area contributed by atoms with Crippen molar-refractivity contribution >= 4 is 16.0 Å². The number of fused-ring (bicyclic) bond motifs is 1. The van der Waals surface area contributed by atoms with Gasteiger partial charge in [0.2, 0.25) is 10.0 Å². The summed E-state index contributed by atoms with van der Waals surface area (Å²) in [6, 6.07) is 9.11. The van der Waals surface area contributed by atoms with E-state index in [1.54, 1.807) is 0 Å². The summed E-state index contributed by atoms with van der Waals surface area (Å²) in [5.41, 5.74) is 1.81. The van der Waals surface area contributed by atoms with Crippen LogP contribution in [0.25, 0.3) is 0 Å². The first-order valence-corrected chi connectivity index (χ1v) is 12.6. The second kappa shape index (κ2) is 9.69. The lowest BCUT2D eigenvalue weighted by Crippen LogP contribution is -2.40. The molecule has 1 fully saturated rings. The molecule has 0 aliphatic carbocycles. The molecule has 1 saturated heterocycles. The van der Waals surface area contributed by atoms with Gasteiger partial charge in [-0.15, -0.1) is 0 Å². The first-order chi connectivity index (χ1) is 15.8. The third-order valence-corrected chi connectivity index (χ3v) is 7.92. The van der Waals surface area contributed by atoms with Gasteiger partial charge in [0.05, 0.1) is 12.5 Å². The molecule has 0 amide bonds. The summed E-state index contributed by atoms with van der Waals surface area (Å²) in [5, 5.41) is 0. The van der Waals surface area contributed by atoms with E-state index in [0.29, 0.717) is 25.2 Å². The van der Waals surface area contributed by atoms with Crippen molar-refractivity contribution in [3.63, 3.8) is 0 Å². The monoisotopic (exact) mass is 477 g/mol. The van der Waals surface area contributed by atoms with Crippen LogP contribution in [0.5, 0.6) is 11.5 Å². The molecule has 2 heterocycles. The summed E-state index contributed by atoms with van der Waals surface area (Å²) in [4.78, 5) is 12.3. The SMILES string of the molecule is CCOc1cc2c(cc1COC(=O)C1CCN(S(=O)(=O)c3ccccc3F)CC1)OC(C)C2. The zero-order chi connectivity index (χ0) is 23.6. The fourth-order valence-electron chi connectivity index (χ4n) is 4.28. The topological polar surface area (TPSA) is 82.1 Å². The Kier molecular flexibility index (Phi) is 6.90. The predicted molar refractivity (Wildman–Crippen MR) is 119 cm³/mol. The van der Waals surface area contributed by atoms with Gasteiger partial charge in [0.25, 0.3) is 0 Å². The van der Waals surface area contributed by atoms with Gasteiger partial charge in [-0.1, -0.05) is 12.1 Å². The molecule has 2 aliphatic heterocycles. The number of carbonyl (C=O) groups excluding carboxylic acids is 1. The molecular formula is C24H28FNO6S. The highest BCUT2D eigenvalue weighted by Gasteiger charge is 2.34. The van der Waals surface area contributed by atoms with E-state index >= 15 is 0 Å². The number of carbonyl (C=O) groups is 1. The lowest BCUT2D eigenvalue weighted by atomic mass is 9.98. The minimum Gasteiger partial charge on any atom is -0.493 e. The minimum absolute atomic E-state index is 0.0485. The number of piperidine rings is 1. The van der Waals surface area contributed by atoms with Crippen LogP contribution in [0.3, 0.4) is 0 Å². The number of hydrogen-bond acceptors (Lipinski definition) is 6. The highest BCUT2D eigenvalue weighted by Crippen LogP contribution is 2.36. The maximum absolute atomic E-state index is 14.0. The molecule has 4 rings (SSSR count). The number of rotatable bonds is 7. The van der Waals surface area contributed by atoms with Crippen LogP contribution in [0.1, 0.15) is 37.8 Å². The Morgan fingerprint density at radius 2 is 1.94 bits per heavy atom. The van der Waals surface area contributed by atoms with Gasteiger partial charge in [-0.25, -0.2) is 12.8 Å². The Morgan fingerprint density at radius 3 is 2.64 bits per heavy atom. The molecule has 2 aromatic rings. The summed E-state index contributed by atoms with van der Waals surface area (Å²) in [7, 11) is -3.94. The Bertz CT molecular complexity index is 1130. The first kappa shape index (κ1) is 23.5. The molecule has 0 radical (unpaired) electrons. The van der Waals surface area contributed by atoms with Crippen LogP contribution in [-0.4, -0.2) is 44.5 Å². The second-order valence-corrected chi connectivity index (χ2v) is 10.3. The number of esters is 1. The minimum atomic E-state index is -3.94. The van der Waals surface area contributed by atoms with Crippen molar-refractivity contribution in [2.75, 3.05) is 19.7 Å². The number of halogens is 1. The standard InChI is InChI=1S/C24H28FNO6S/c1-3-30-21-13-18-12-16(2)32-22(18)14-19(21)15-31-24(27)17-8-10-26(11-9-17)33(28,29)23-7-5-4-6-20(23)25/h4-7,13-14,16-17H,3,8-12,15H2,1-2H3. The van der Waals surface area contributed by atoms with E-state index in [1.165, 1.54) is 22.5 Å². The molecule has 9 heteroatoms. The fraction of sp³-hybridized carbons (Fsp3) is 0.458. The largest absolute Gasteiger partial charge is 0.493 e. The van der Waals surface area contributed by atoms with Gasteiger partial charge in [0.15, 0.2) is 0 Å². The average molecular weight is 478 g/mol. The van der Waals surface area contributed by atoms with Crippen molar-refractivity contribution in [2.45, 2.75) is 50.7 Å². The summed E-state index contributed by atoms with van der Waals surface area (Å²) in [6.07, 6.45) is 1.54. The number of hydrogen-bond donors (Lipinski definition) is 0. The molecule has 0 N–H and O–H groups in total. The van der Waals surface area contributed by atoms with Crippen molar-refractivity contribution in [3.05, 3.63) is 53.3 Å². The summed E-state index contributed by atoms with van der Waals surface area (Å²) in [5.74, 6) is -0.124. The van der Waals surface area contributed by atoms with Gasteiger partial charge in [-0.2, -0.15) is 4.31 Å². The molecule has 0 spiro atoms. The first-order valence-electron chi connectivity index (χ1n) is 11.2. The van der Waals surface area contributed by atoms with Crippen molar-refractivity contribution in [1.82, 2.24) is 4.31 Å². The van der Waals surface area contributed by atoms with E-state index in [-0.39, 0.29) is 36.7 Å². The van der Waals surface area contributed by atoms with E-state index < -0.39 is 21.8 Å². The van der Waals surface area contributed by atoms with Gasteiger partial charge < -0.3 is 14.2 Å². The molecule has 0 bridgehead atoms. The molecule has 2 aliphatic rings. The Balaban J connectivity index is 1.37. The Morgan fingerprint density at radius 1 is 1.21 bits per heavy atom. The van der Waals surface area contributed by atoms with E-state index in [0.717, 1.165) is 29.4 Å². The van der Waals surface area contributed by atoms with Crippen molar-refractivity contribution in [2.24, 2.45) is 5.92 Å². The quantitative estimate of drug-likeness (QED) is 0.566. The zero-order valence-electron chi connectivity index (χ0n) is 18.8. The molecule has 178 valence electrons. The molecule has 2 aromatic carbocycles. The van der Waals surface area contributed by atoms with Crippen molar-refractivity contribution < 1.29 is 31.8 Å². The van der Waals surface area contributed by atoms with Crippen molar-refractivity contribution in [1.29, 1.82) is 0 Å². The van der Waals surface area contributed by atoms with E-state index in [4.69, 9.17) is 14.2 Å². The molecule has 0 saturated carbocycles. The Labute approximate surface area is 193 Å². The lowest BCUT2D eigenvalue weighted by molar-refractivity contribution is -0.151. The predicted octanol–water partition coefficient (Wildman–Crippen LogP) is 3.69. The van der Waals surface area contributed by atoms with E-state index in [9.17, 15) is 17.6 Å². The lowest BCUT2D eigenvalue weighted by Gasteiger charge is -2.30. The van der Waals surface area contributed by atoms with Crippen LogP contribution in [0.15, 0.2) is 41.3 Å². The maximum Gasteiger partial charge on any atom is 0.309 e. The summed E-state index contributed by atoms with van der Waals surface area (Å²) < 4.78 is 57.8. The number of sulfonamides is 1. The number of ether oxygens (including phenoxy) is 3.